The lowest BCUT2D eigenvalue weighted by Gasteiger charge is -2.26. The first-order valence-corrected chi connectivity index (χ1v) is 11.9. The Morgan fingerprint density at radius 2 is 1.75 bits per heavy atom. The highest BCUT2D eigenvalue weighted by Gasteiger charge is 2.30. The van der Waals surface area contributed by atoms with Gasteiger partial charge in [-0.1, -0.05) is 53.5 Å². The molecule has 0 radical (unpaired) electrons. The first kappa shape index (κ1) is 24.5. The Kier molecular flexibility index (Phi) is 8.13. The Labute approximate surface area is 196 Å². The van der Waals surface area contributed by atoms with Crippen LogP contribution in [0.2, 0.25) is 10.0 Å². The molecular weight excluding hydrogens is 479 g/mol. The van der Waals surface area contributed by atoms with E-state index in [4.69, 9.17) is 32.7 Å². The molecule has 1 aliphatic rings. The summed E-state index contributed by atoms with van der Waals surface area (Å²) in [6.45, 7) is 0.691. The lowest BCUT2D eigenvalue weighted by molar-refractivity contribution is -0.133. The molecule has 2 aromatic carbocycles. The third kappa shape index (κ3) is 5.79. The third-order valence-electron chi connectivity index (χ3n) is 4.84. The maximum absolute atomic E-state index is 13.0. The van der Waals surface area contributed by atoms with Gasteiger partial charge < -0.3 is 14.4 Å². The molecule has 1 heterocycles. The maximum atomic E-state index is 13.0. The number of rotatable bonds is 7. The van der Waals surface area contributed by atoms with Gasteiger partial charge in [-0.2, -0.15) is 4.31 Å². The Balaban J connectivity index is 1.71. The Morgan fingerprint density at radius 3 is 2.41 bits per heavy atom. The zero-order valence-corrected chi connectivity index (χ0v) is 19.6. The molecule has 0 aromatic heterocycles. The normalized spacial score (nSPS) is 14.7. The number of hydrogen-bond donors (Lipinski definition) is 0. The zero-order valence-electron chi connectivity index (χ0n) is 17.3. The van der Waals surface area contributed by atoms with Crippen molar-refractivity contribution < 1.29 is 27.5 Å². The number of halogens is 2. The molecule has 0 atom stereocenters. The van der Waals surface area contributed by atoms with Gasteiger partial charge >= 0.3 is 5.97 Å². The van der Waals surface area contributed by atoms with E-state index in [1.165, 1.54) is 15.3 Å². The van der Waals surface area contributed by atoms with Gasteiger partial charge in [0.25, 0.3) is 5.91 Å². The summed E-state index contributed by atoms with van der Waals surface area (Å²) in [4.78, 5) is 26.1. The van der Waals surface area contributed by atoms with Crippen LogP contribution in [0.5, 0.6) is 0 Å². The summed E-state index contributed by atoms with van der Waals surface area (Å²) in [5, 5.41) is -0.192. The molecule has 0 unspecified atom stereocenters. The molecule has 0 aliphatic carbocycles. The largest absolute Gasteiger partial charge is 0.452 e. The molecule has 1 saturated heterocycles. The van der Waals surface area contributed by atoms with Crippen molar-refractivity contribution in [2.24, 2.45) is 0 Å². The van der Waals surface area contributed by atoms with Gasteiger partial charge in [0.05, 0.1) is 28.8 Å². The lowest BCUT2D eigenvalue weighted by Crippen LogP contribution is -2.40. The number of carbonyl (C=O) groups is 2. The predicted molar refractivity (Wildman–Crippen MR) is 119 cm³/mol. The molecular formula is C21H22Cl2N2O6S. The smallest absolute Gasteiger partial charge is 0.340 e. The second-order valence-electron chi connectivity index (χ2n) is 7.09. The Hall–Kier alpha value is -2.17. The van der Waals surface area contributed by atoms with Crippen molar-refractivity contribution in [2.45, 2.75) is 11.4 Å². The minimum atomic E-state index is -3.96. The van der Waals surface area contributed by atoms with Crippen LogP contribution in [0.1, 0.15) is 15.9 Å². The molecule has 0 N–H and O–H groups in total. The van der Waals surface area contributed by atoms with Crippen LogP contribution >= 0.6 is 23.2 Å². The predicted octanol–water partition coefficient (Wildman–Crippen LogP) is 2.83. The number of hydrogen-bond acceptors (Lipinski definition) is 6. The third-order valence-corrected chi connectivity index (χ3v) is 7.52. The van der Waals surface area contributed by atoms with Gasteiger partial charge in [-0.25, -0.2) is 13.2 Å². The molecule has 11 heteroatoms. The van der Waals surface area contributed by atoms with Crippen molar-refractivity contribution in [3.8, 4) is 0 Å². The number of nitrogens with zero attached hydrogens (tertiary/aromatic N) is 2. The van der Waals surface area contributed by atoms with Gasteiger partial charge in [0.2, 0.25) is 10.0 Å². The standard InChI is InChI=1S/C21H22Cl2N2O6S/c1-24(13-15-5-3-2-4-6-15)20(26)14-31-21(27)16-11-19(18(23)12-17(16)22)32(28,29)25-7-9-30-10-8-25/h2-6,11-12H,7-10,13-14H2,1H3. The Morgan fingerprint density at radius 1 is 1.09 bits per heavy atom. The van der Waals surface area contributed by atoms with Gasteiger partial charge in [-0.15, -0.1) is 0 Å². The van der Waals surface area contributed by atoms with Crippen molar-refractivity contribution in [1.29, 1.82) is 0 Å². The van der Waals surface area contributed by atoms with E-state index < -0.39 is 28.5 Å². The van der Waals surface area contributed by atoms with E-state index in [0.29, 0.717) is 6.54 Å². The molecule has 1 amide bonds. The molecule has 1 aliphatic heterocycles. The molecule has 3 rings (SSSR count). The molecule has 1 fully saturated rings. The van der Waals surface area contributed by atoms with Gasteiger partial charge in [0.1, 0.15) is 4.90 Å². The van der Waals surface area contributed by atoms with Crippen LogP contribution in [0.25, 0.3) is 0 Å². The van der Waals surface area contributed by atoms with Crippen LogP contribution in [0.15, 0.2) is 47.4 Å². The number of ether oxygens (including phenoxy) is 2. The van der Waals surface area contributed by atoms with Crippen LogP contribution in [0.3, 0.4) is 0 Å². The molecule has 32 heavy (non-hydrogen) atoms. The summed E-state index contributed by atoms with van der Waals surface area (Å²) in [7, 11) is -2.38. The Bertz CT molecular complexity index is 1090. The van der Waals surface area contributed by atoms with Crippen LogP contribution in [0, 0.1) is 0 Å². The van der Waals surface area contributed by atoms with Crippen molar-refractivity contribution in [1.82, 2.24) is 9.21 Å². The van der Waals surface area contributed by atoms with Crippen LogP contribution < -0.4 is 0 Å². The van der Waals surface area contributed by atoms with Crippen molar-refractivity contribution in [2.75, 3.05) is 40.0 Å². The van der Waals surface area contributed by atoms with Crippen molar-refractivity contribution in [3.05, 3.63) is 63.6 Å². The highest BCUT2D eigenvalue weighted by atomic mass is 35.5. The van der Waals surface area contributed by atoms with Crippen LogP contribution in [-0.4, -0.2) is 69.5 Å². The number of amides is 1. The highest BCUT2D eigenvalue weighted by molar-refractivity contribution is 7.89. The van der Waals surface area contributed by atoms with E-state index in [1.54, 1.807) is 7.05 Å². The van der Waals surface area contributed by atoms with Crippen LogP contribution in [-0.2, 0) is 30.8 Å². The van der Waals surface area contributed by atoms with E-state index in [9.17, 15) is 18.0 Å². The minimum absolute atomic E-state index is 0.0778. The van der Waals surface area contributed by atoms with Gasteiger partial charge in [0.15, 0.2) is 6.61 Å². The summed E-state index contributed by atoms with van der Waals surface area (Å²) in [5.41, 5.74) is 0.731. The van der Waals surface area contributed by atoms with E-state index in [-0.39, 0.29) is 46.8 Å². The maximum Gasteiger partial charge on any atom is 0.340 e. The monoisotopic (exact) mass is 500 g/mol. The zero-order chi connectivity index (χ0) is 23.3. The summed E-state index contributed by atoms with van der Waals surface area (Å²) in [6, 6.07) is 11.6. The second-order valence-corrected chi connectivity index (χ2v) is 9.81. The number of carbonyl (C=O) groups excluding carboxylic acids is 2. The molecule has 8 nitrogen and oxygen atoms in total. The topological polar surface area (TPSA) is 93.2 Å². The summed E-state index contributed by atoms with van der Waals surface area (Å²) in [6.07, 6.45) is 0. The number of likely N-dealkylation sites (N-methyl/N-ethyl adjacent to an activating group) is 1. The van der Waals surface area contributed by atoms with E-state index >= 15 is 0 Å². The van der Waals surface area contributed by atoms with Crippen molar-refractivity contribution >= 4 is 45.1 Å². The minimum Gasteiger partial charge on any atom is -0.452 e. The van der Waals surface area contributed by atoms with Crippen molar-refractivity contribution in [3.63, 3.8) is 0 Å². The first-order chi connectivity index (χ1) is 15.2. The summed E-state index contributed by atoms with van der Waals surface area (Å²) >= 11 is 12.2. The van der Waals surface area contributed by atoms with Gasteiger partial charge in [-0.3, -0.25) is 4.79 Å². The fraction of sp³-hybridized carbons (Fsp3) is 0.333. The fourth-order valence-corrected chi connectivity index (χ4v) is 5.30. The SMILES string of the molecule is CN(Cc1ccccc1)C(=O)COC(=O)c1cc(S(=O)(=O)N2CCOCC2)c(Cl)cc1Cl. The number of sulfonamides is 1. The number of morpholine rings is 1. The first-order valence-electron chi connectivity index (χ1n) is 9.72. The van der Waals surface area contributed by atoms with Gasteiger partial charge in [-0.05, 0) is 17.7 Å². The van der Waals surface area contributed by atoms with Gasteiger partial charge in [0, 0.05) is 26.7 Å². The average molecular weight is 501 g/mol. The summed E-state index contributed by atoms with van der Waals surface area (Å²) in [5.74, 6) is -1.35. The summed E-state index contributed by atoms with van der Waals surface area (Å²) < 4.78 is 37.4. The molecule has 0 bridgehead atoms. The van der Waals surface area contributed by atoms with E-state index in [2.05, 4.69) is 0 Å². The average Bonchev–Trinajstić information content (AvgIpc) is 2.78. The highest BCUT2D eigenvalue weighted by Crippen LogP contribution is 2.31. The number of benzene rings is 2. The molecule has 0 saturated carbocycles. The van der Waals surface area contributed by atoms with Crippen LogP contribution in [0.4, 0.5) is 0 Å². The van der Waals surface area contributed by atoms with E-state index in [0.717, 1.165) is 11.6 Å². The second kappa shape index (κ2) is 10.6. The molecule has 2 aromatic rings. The number of esters is 1. The molecule has 0 spiro atoms. The lowest BCUT2D eigenvalue weighted by atomic mass is 10.2. The quantitative estimate of drug-likeness (QED) is 0.542. The fourth-order valence-electron chi connectivity index (χ4n) is 3.07. The van der Waals surface area contributed by atoms with E-state index in [1.807, 2.05) is 30.3 Å². The molecule has 172 valence electrons.